The molecule has 0 heterocycles. The first-order valence-electron chi connectivity index (χ1n) is 5.41. The predicted molar refractivity (Wildman–Crippen MR) is 72.0 cm³/mol. The Bertz CT molecular complexity index is 547. The van der Waals surface area contributed by atoms with Crippen molar-refractivity contribution >= 4 is 41.0 Å². The van der Waals surface area contributed by atoms with E-state index in [1.165, 1.54) is 18.2 Å². The Morgan fingerprint density at radius 2 is 2.00 bits per heavy atom. The number of carbonyl (C=O) groups is 3. The van der Waals surface area contributed by atoms with Gasteiger partial charge in [0, 0.05) is 0 Å². The molecule has 0 spiro atoms. The molecule has 0 saturated heterocycles. The lowest BCUT2D eigenvalue weighted by Crippen LogP contribution is -2.42. The SMILES string of the molecule is COC(=O)C[C@H](NC(=O)c1cccc(Cl)c1Cl)C(=O)O. The molecule has 0 aliphatic rings. The van der Waals surface area contributed by atoms with Crippen LogP contribution in [0.2, 0.25) is 10.0 Å². The fraction of sp³-hybridized carbons (Fsp3) is 0.250. The van der Waals surface area contributed by atoms with Crippen molar-refractivity contribution in [3.05, 3.63) is 33.8 Å². The quantitative estimate of drug-likeness (QED) is 0.806. The van der Waals surface area contributed by atoms with Gasteiger partial charge in [-0.15, -0.1) is 0 Å². The number of benzene rings is 1. The van der Waals surface area contributed by atoms with Crippen molar-refractivity contribution in [2.24, 2.45) is 0 Å². The first-order chi connectivity index (χ1) is 9.36. The van der Waals surface area contributed by atoms with Crippen molar-refractivity contribution in [1.82, 2.24) is 5.32 Å². The van der Waals surface area contributed by atoms with E-state index in [1.54, 1.807) is 0 Å². The largest absolute Gasteiger partial charge is 0.480 e. The van der Waals surface area contributed by atoms with E-state index in [4.69, 9.17) is 28.3 Å². The number of hydrogen-bond donors (Lipinski definition) is 2. The summed E-state index contributed by atoms with van der Waals surface area (Å²) in [6.07, 6.45) is -0.490. The highest BCUT2D eigenvalue weighted by Crippen LogP contribution is 2.25. The number of halogens is 2. The summed E-state index contributed by atoms with van der Waals surface area (Å²) < 4.78 is 4.36. The molecule has 0 radical (unpaired) electrons. The molecule has 0 unspecified atom stereocenters. The van der Waals surface area contributed by atoms with E-state index < -0.39 is 30.3 Å². The molecule has 0 fully saturated rings. The van der Waals surface area contributed by atoms with E-state index >= 15 is 0 Å². The molecule has 1 aromatic rings. The summed E-state index contributed by atoms with van der Waals surface area (Å²) in [5, 5.41) is 11.3. The van der Waals surface area contributed by atoms with Crippen LogP contribution in [0.5, 0.6) is 0 Å². The van der Waals surface area contributed by atoms with Crippen LogP contribution in [0.25, 0.3) is 0 Å². The Morgan fingerprint density at radius 1 is 1.35 bits per heavy atom. The maximum absolute atomic E-state index is 11.9. The average Bonchev–Trinajstić information content (AvgIpc) is 2.40. The maximum atomic E-state index is 11.9. The molecule has 20 heavy (non-hydrogen) atoms. The number of rotatable bonds is 5. The minimum absolute atomic E-state index is 0.00822. The molecular weight excluding hydrogens is 309 g/mol. The third kappa shape index (κ3) is 4.11. The molecule has 8 heteroatoms. The van der Waals surface area contributed by atoms with Gasteiger partial charge in [-0.05, 0) is 12.1 Å². The van der Waals surface area contributed by atoms with Crippen LogP contribution >= 0.6 is 23.2 Å². The van der Waals surface area contributed by atoms with Gasteiger partial charge in [0.2, 0.25) is 0 Å². The van der Waals surface area contributed by atoms with E-state index in [1.807, 2.05) is 0 Å². The zero-order chi connectivity index (χ0) is 15.3. The number of nitrogens with one attached hydrogen (secondary N) is 1. The van der Waals surface area contributed by atoms with E-state index in [-0.39, 0.29) is 15.6 Å². The third-order valence-corrected chi connectivity index (χ3v) is 3.22. The smallest absolute Gasteiger partial charge is 0.326 e. The number of carboxylic acids is 1. The van der Waals surface area contributed by atoms with Crippen LogP contribution in [-0.2, 0) is 14.3 Å². The Kier molecular flexibility index (Phi) is 5.79. The topological polar surface area (TPSA) is 92.7 Å². The van der Waals surface area contributed by atoms with Crippen molar-refractivity contribution in [3.8, 4) is 0 Å². The van der Waals surface area contributed by atoms with Crippen LogP contribution in [0.1, 0.15) is 16.8 Å². The Hall–Kier alpha value is -1.79. The zero-order valence-electron chi connectivity index (χ0n) is 10.4. The van der Waals surface area contributed by atoms with Gasteiger partial charge in [-0.1, -0.05) is 29.3 Å². The number of amides is 1. The molecule has 0 saturated carbocycles. The molecule has 2 N–H and O–H groups in total. The monoisotopic (exact) mass is 319 g/mol. The van der Waals surface area contributed by atoms with Crippen LogP contribution in [0.3, 0.4) is 0 Å². The molecule has 6 nitrogen and oxygen atoms in total. The van der Waals surface area contributed by atoms with E-state index in [0.717, 1.165) is 7.11 Å². The highest BCUT2D eigenvalue weighted by atomic mass is 35.5. The van der Waals surface area contributed by atoms with Crippen molar-refractivity contribution in [1.29, 1.82) is 0 Å². The Balaban J connectivity index is 2.88. The lowest BCUT2D eigenvalue weighted by molar-refractivity contribution is -0.147. The van der Waals surface area contributed by atoms with Crippen LogP contribution < -0.4 is 5.32 Å². The number of hydrogen-bond acceptors (Lipinski definition) is 4. The van der Waals surface area contributed by atoms with Crippen LogP contribution in [0, 0.1) is 0 Å². The molecule has 0 bridgehead atoms. The van der Waals surface area contributed by atoms with Gasteiger partial charge >= 0.3 is 11.9 Å². The van der Waals surface area contributed by atoms with Gasteiger partial charge in [-0.25, -0.2) is 4.79 Å². The molecule has 0 aromatic heterocycles. The van der Waals surface area contributed by atoms with Gasteiger partial charge in [-0.2, -0.15) is 0 Å². The molecule has 108 valence electrons. The first-order valence-corrected chi connectivity index (χ1v) is 6.17. The summed E-state index contributed by atoms with van der Waals surface area (Å²) in [5.74, 6) is -2.86. The minimum atomic E-state index is -1.41. The summed E-state index contributed by atoms with van der Waals surface area (Å²) >= 11 is 11.6. The first kappa shape index (κ1) is 16.3. The van der Waals surface area contributed by atoms with E-state index in [2.05, 4.69) is 10.1 Å². The van der Waals surface area contributed by atoms with Crippen molar-refractivity contribution in [2.75, 3.05) is 7.11 Å². The highest BCUT2D eigenvalue weighted by molar-refractivity contribution is 6.43. The Morgan fingerprint density at radius 3 is 2.55 bits per heavy atom. The number of methoxy groups -OCH3 is 1. The van der Waals surface area contributed by atoms with E-state index in [0.29, 0.717) is 0 Å². The lowest BCUT2D eigenvalue weighted by Gasteiger charge is -2.14. The number of carboxylic acid groups (broad SMARTS) is 1. The second kappa shape index (κ2) is 7.12. The summed E-state index contributed by atoms with van der Waals surface area (Å²) in [6, 6.07) is 2.97. The minimum Gasteiger partial charge on any atom is -0.480 e. The molecule has 0 aliphatic heterocycles. The van der Waals surface area contributed by atoms with Gasteiger partial charge < -0.3 is 15.2 Å². The summed E-state index contributed by atoms with van der Waals surface area (Å²) in [5.41, 5.74) is 0.0234. The van der Waals surface area contributed by atoms with Gasteiger partial charge in [0.1, 0.15) is 6.04 Å². The molecule has 1 aromatic carbocycles. The zero-order valence-corrected chi connectivity index (χ0v) is 11.9. The fourth-order valence-electron chi connectivity index (χ4n) is 1.37. The molecule has 0 aliphatic carbocycles. The van der Waals surface area contributed by atoms with Crippen molar-refractivity contribution < 1.29 is 24.2 Å². The lowest BCUT2D eigenvalue weighted by atomic mass is 10.1. The third-order valence-electron chi connectivity index (χ3n) is 2.40. The molecule has 1 amide bonds. The number of carbonyl (C=O) groups excluding carboxylic acids is 2. The summed E-state index contributed by atoms with van der Waals surface area (Å²) in [6.45, 7) is 0. The van der Waals surface area contributed by atoms with E-state index in [9.17, 15) is 14.4 Å². The normalized spacial score (nSPS) is 11.6. The number of aliphatic carboxylic acids is 1. The van der Waals surface area contributed by atoms with Gasteiger partial charge in [0.05, 0.1) is 29.1 Å². The standard InChI is InChI=1S/C12H11Cl2NO5/c1-20-9(16)5-8(12(18)19)15-11(17)6-3-2-4-7(13)10(6)14/h2-4,8H,5H2,1H3,(H,15,17)(H,18,19)/t8-/m0/s1. The summed E-state index contributed by atoms with van der Waals surface area (Å²) in [4.78, 5) is 34.0. The molecular formula is C12H11Cl2NO5. The predicted octanol–water partition coefficient (Wildman–Crippen LogP) is 1.74. The number of esters is 1. The van der Waals surface area contributed by atoms with Gasteiger partial charge in [0.25, 0.3) is 5.91 Å². The van der Waals surface area contributed by atoms with Crippen LogP contribution in [-0.4, -0.2) is 36.1 Å². The average molecular weight is 320 g/mol. The molecule has 1 rings (SSSR count). The van der Waals surface area contributed by atoms with Crippen molar-refractivity contribution in [2.45, 2.75) is 12.5 Å². The summed E-state index contributed by atoms with van der Waals surface area (Å²) in [7, 11) is 1.12. The fourth-order valence-corrected chi connectivity index (χ4v) is 1.75. The maximum Gasteiger partial charge on any atom is 0.326 e. The van der Waals surface area contributed by atoms with Crippen LogP contribution in [0.15, 0.2) is 18.2 Å². The van der Waals surface area contributed by atoms with Gasteiger partial charge in [0.15, 0.2) is 0 Å². The second-order valence-electron chi connectivity index (χ2n) is 3.75. The second-order valence-corrected chi connectivity index (χ2v) is 4.53. The highest BCUT2D eigenvalue weighted by Gasteiger charge is 2.25. The number of ether oxygens (including phenoxy) is 1. The Labute approximate surface area is 124 Å². The van der Waals surface area contributed by atoms with Crippen molar-refractivity contribution in [3.63, 3.8) is 0 Å². The van der Waals surface area contributed by atoms with Gasteiger partial charge in [-0.3, -0.25) is 9.59 Å². The van der Waals surface area contributed by atoms with Crippen LogP contribution in [0.4, 0.5) is 0 Å². The molecule has 1 atom stereocenters.